The smallest absolute Gasteiger partial charge is 0.129 e. The highest BCUT2D eigenvalue weighted by Gasteiger charge is 2.32. The van der Waals surface area contributed by atoms with Crippen LogP contribution in [0.25, 0.3) is 0 Å². The van der Waals surface area contributed by atoms with E-state index in [4.69, 9.17) is 0 Å². The highest BCUT2D eigenvalue weighted by Crippen LogP contribution is 2.34. The molecule has 0 spiro atoms. The first kappa shape index (κ1) is 13.0. The molecule has 0 saturated carbocycles. The maximum atomic E-state index is 13.6. The number of hydrogen-bond acceptors (Lipinski definition) is 3. The van der Waals surface area contributed by atoms with Crippen LogP contribution in [0.2, 0.25) is 0 Å². The fourth-order valence-corrected chi connectivity index (χ4v) is 2.41. The normalized spacial score (nSPS) is 15.8. The molecule has 3 nitrogen and oxygen atoms in total. The van der Waals surface area contributed by atoms with E-state index in [0.717, 1.165) is 24.0 Å². The summed E-state index contributed by atoms with van der Waals surface area (Å²) >= 11 is 0. The number of nitrogens with one attached hydrogen (secondary N) is 1. The summed E-state index contributed by atoms with van der Waals surface area (Å²) in [6.45, 7) is 5.00. The molecular formula is C15H15F2N3. The fraction of sp³-hybridized carbons (Fsp3) is 0.333. The van der Waals surface area contributed by atoms with E-state index in [-0.39, 0.29) is 5.41 Å². The third kappa shape index (κ3) is 2.24. The predicted octanol–water partition coefficient (Wildman–Crippen LogP) is 3.05. The molecule has 1 N–H and O–H groups in total. The Morgan fingerprint density at radius 3 is 2.75 bits per heavy atom. The number of anilines is 1. The minimum atomic E-state index is -0.574. The van der Waals surface area contributed by atoms with Crippen molar-refractivity contribution in [2.24, 2.45) is 0 Å². The third-order valence-corrected chi connectivity index (χ3v) is 3.59. The van der Waals surface area contributed by atoms with Gasteiger partial charge in [-0.1, -0.05) is 19.9 Å². The van der Waals surface area contributed by atoms with Crippen LogP contribution >= 0.6 is 0 Å². The SMILES string of the molecule is CC1(C)CNc2cc(Cc3ccc(F)cc3F)nnc21. The Hall–Kier alpha value is -2.04. The van der Waals surface area contributed by atoms with Crippen LogP contribution in [-0.4, -0.2) is 16.7 Å². The second-order valence-electron chi connectivity index (χ2n) is 5.75. The van der Waals surface area contributed by atoms with E-state index in [1.807, 2.05) is 6.07 Å². The van der Waals surface area contributed by atoms with Crippen LogP contribution in [0.5, 0.6) is 0 Å². The number of nitrogens with zero attached hydrogens (tertiary/aromatic N) is 2. The van der Waals surface area contributed by atoms with Gasteiger partial charge in [0.1, 0.15) is 11.6 Å². The first-order chi connectivity index (χ1) is 9.45. The standard InChI is InChI=1S/C15H15F2N3/c1-15(2)8-18-13-7-11(19-20-14(13)15)5-9-3-4-10(16)6-12(9)17/h3-4,6-7,18H,5,8H2,1-2H3. The predicted molar refractivity (Wildman–Crippen MR) is 72.7 cm³/mol. The van der Waals surface area contributed by atoms with Gasteiger partial charge in [0.15, 0.2) is 0 Å². The van der Waals surface area contributed by atoms with Crippen molar-refractivity contribution in [1.29, 1.82) is 0 Å². The summed E-state index contributed by atoms with van der Waals surface area (Å²) < 4.78 is 26.5. The zero-order valence-corrected chi connectivity index (χ0v) is 11.4. The monoisotopic (exact) mass is 275 g/mol. The van der Waals surface area contributed by atoms with Gasteiger partial charge in [-0.15, -0.1) is 0 Å². The molecule has 0 fully saturated rings. The Morgan fingerprint density at radius 1 is 1.20 bits per heavy atom. The molecule has 2 aromatic rings. The number of benzene rings is 1. The molecule has 5 heteroatoms. The van der Waals surface area contributed by atoms with Gasteiger partial charge in [0.25, 0.3) is 0 Å². The van der Waals surface area contributed by atoms with Crippen LogP contribution in [0.4, 0.5) is 14.5 Å². The largest absolute Gasteiger partial charge is 0.383 e. The van der Waals surface area contributed by atoms with Crippen LogP contribution in [0.3, 0.4) is 0 Å². The quantitative estimate of drug-likeness (QED) is 0.915. The summed E-state index contributed by atoms with van der Waals surface area (Å²) in [5.74, 6) is -1.13. The number of halogens is 2. The van der Waals surface area contributed by atoms with E-state index in [1.54, 1.807) is 0 Å². The molecular weight excluding hydrogens is 260 g/mol. The Morgan fingerprint density at radius 2 is 2.00 bits per heavy atom. The molecule has 104 valence electrons. The molecule has 0 saturated heterocycles. The molecule has 3 rings (SSSR count). The molecule has 1 aromatic heterocycles. The lowest BCUT2D eigenvalue weighted by molar-refractivity contribution is 0.558. The van der Waals surface area contributed by atoms with Gasteiger partial charge in [-0.05, 0) is 17.7 Å². The molecule has 1 aliphatic heterocycles. The van der Waals surface area contributed by atoms with E-state index < -0.39 is 11.6 Å². The Labute approximate surface area is 116 Å². The Balaban J connectivity index is 1.89. The summed E-state index contributed by atoms with van der Waals surface area (Å²) in [5.41, 5.74) is 2.92. The summed E-state index contributed by atoms with van der Waals surface area (Å²) in [7, 11) is 0. The molecule has 1 aromatic carbocycles. The highest BCUT2D eigenvalue weighted by atomic mass is 19.1. The topological polar surface area (TPSA) is 37.8 Å². The van der Waals surface area contributed by atoms with Gasteiger partial charge in [-0.3, -0.25) is 0 Å². The highest BCUT2D eigenvalue weighted by molar-refractivity contribution is 5.56. The van der Waals surface area contributed by atoms with Crippen LogP contribution in [0.15, 0.2) is 24.3 Å². The molecule has 0 amide bonds. The van der Waals surface area contributed by atoms with Crippen LogP contribution < -0.4 is 5.32 Å². The first-order valence-electron chi connectivity index (χ1n) is 6.50. The average Bonchev–Trinajstić information content (AvgIpc) is 2.69. The summed E-state index contributed by atoms with van der Waals surface area (Å²) in [6.07, 6.45) is 0.300. The van der Waals surface area contributed by atoms with Crippen molar-refractivity contribution in [3.8, 4) is 0 Å². The van der Waals surface area contributed by atoms with Crippen molar-refractivity contribution in [2.75, 3.05) is 11.9 Å². The fourth-order valence-electron chi connectivity index (χ4n) is 2.41. The maximum absolute atomic E-state index is 13.6. The maximum Gasteiger partial charge on any atom is 0.129 e. The van der Waals surface area contributed by atoms with Gasteiger partial charge in [-0.2, -0.15) is 10.2 Å². The van der Waals surface area contributed by atoms with Crippen LogP contribution in [0.1, 0.15) is 30.8 Å². The number of hydrogen-bond donors (Lipinski definition) is 1. The van der Waals surface area contributed by atoms with Crippen molar-refractivity contribution < 1.29 is 8.78 Å². The van der Waals surface area contributed by atoms with Gasteiger partial charge in [-0.25, -0.2) is 8.78 Å². The Bertz CT molecular complexity index is 668. The first-order valence-corrected chi connectivity index (χ1v) is 6.50. The number of aromatic nitrogens is 2. The zero-order chi connectivity index (χ0) is 14.3. The van der Waals surface area contributed by atoms with Crippen LogP contribution in [-0.2, 0) is 11.8 Å². The molecule has 2 heterocycles. The van der Waals surface area contributed by atoms with Crippen molar-refractivity contribution >= 4 is 5.69 Å². The lowest BCUT2D eigenvalue weighted by atomic mass is 9.91. The molecule has 20 heavy (non-hydrogen) atoms. The summed E-state index contributed by atoms with van der Waals surface area (Å²) in [5, 5.41) is 11.7. The van der Waals surface area contributed by atoms with Gasteiger partial charge < -0.3 is 5.32 Å². The molecule has 0 radical (unpaired) electrons. The average molecular weight is 275 g/mol. The molecule has 0 bridgehead atoms. The molecule has 0 unspecified atom stereocenters. The Kier molecular flexibility index (Phi) is 2.92. The minimum Gasteiger partial charge on any atom is -0.383 e. The van der Waals surface area contributed by atoms with Crippen molar-refractivity contribution in [3.63, 3.8) is 0 Å². The van der Waals surface area contributed by atoms with Gasteiger partial charge in [0.05, 0.1) is 17.1 Å². The summed E-state index contributed by atoms with van der Waals surface area (Å²) in [6, 6.07) is 5.47. The van der Waals surface area contributed by atoms with Crippen molar-refractivity contribution in [1.82, 2.24) is 10.2 Å². The van der Waals surface area contributed by atoms with Crippen molar-refractivity contribution in [2.45, 2.75) is 25.7 Å². The molecule has 1 aliphatic rings. The number of rotatable bonds is 2. The van der Waals surface area contributed by atoms with Gasteiger partial charge in [0, 0.05) is 24.4 Å². The van der Waals surface area contributed by atoms with E-state index in [9.17, 15) is 8.78 Å². The van der Waals surface area contributed by atoms with Gasteiger partial charge >= 0.3 is 0 Å². The van der Waals surface area contributed by atoms with Gasteiger partial charge in [0.2, 0.25) is 0 Å². The second kappa shape index (κ2) is 4.51. The van der Waals surface area contributed by atoms with E-state index in [1.165, 1.54) is 12.1 Å². The van der Waals surface area contributed by atoms with E-state index in [2.05, 4.69) is 29.4 Å². The lowest BCUT2D eigenvalue weighted by Gasteiger charge is -2.14. The molecule has 0 atom stereocenters. The summed E-state index contributed by atoms with van der Waals surface area (Å²) in [4.78, 5) is 0. The van der Waals surface area contributed by atoms with E-state index in [0.29, 0.717) is 17.7 Å². The van der Waals surface area contributed by atoms with E-state index >= 15 is 0 Å². The zero-order valence-electron chi connectivity index (χ0n) is 11.4. The number of fused-ring (bicyclic) bond motifs is 1. The second-order valence-corrected chi connectivity index (χ2v) is 5.75. The lowest BCUT2D eigenvalue weighted by Crippen LogP contribution is -2.20. The molecule has 0 aliphatic carbocycles. The van der Waals surface area contributed by atoms with Crippen molar-refractivity contribution in [3.05, 3.63) is 52.9 Å². The minimum absolute atomic E-state index is 0.0397. The van der Waals surface area contributed by atoms with Crippen LogP contribution in [0, 0.1) is 11.6 Å². The third-order valence-electron chi connectivity index (χ3n) is 3.59.